The minimum atomic E-state index is 0.379. The molecule has 0 fully saturated rings. The van der Waals surface area contributed by atoms with Crippen molar-refractivity contribution in [2.24, 2.45) is 0 Å². The van der Waals surface area contributed by atoms with E-state index in [4.69, 9.17) is 21.7 Å². The first-order chi connectivity index (χ1) is 15.1. The third kappa shape index (κ3) is 5.34. The van der Waals surface area contributed by atoms with Crippen molar-refractivity contribution in [3.8, 4) is 11.5 Å². The number of thiocarbonyl (C=S) groups is 1. The summed E-state index contributed by atoms with van der Waals surface area (Å²) in [7, 11) is 3.96. The van der Waals surface area contributed by atoms with Crippen molar-refractivity contribution in [1.29, 1.82) is 0 Å². The van der Waals surface area contributed by atoms with Gasteiger partial charge in [-0.2, -0.15) is 11.3 Å². The van der Waals surface area contributed by atoms with Crippen LogP contribution >= 0.6 is 23.6 Å². The summed E-state index contributed by atoms with van der Waals surface area (Å²) in [5, 5.41) is 6.88. The number of anilines is 2. The Morgan fingerprint density at radius 3 is 2.52 bits per heavy atom. The molecular weight excluding hydrogens is 424 g/mol. The van der Waals surface area contributed by atoms with Crippen LogP contribution in [-0.4, -0.2) is 32.4 Å². The summed E-state index contributed by atoms with van der Waals surface area (Å²) >= 11 is 7.23. The Morgan fingerprint density at radius 2 is 1.71 bits per heavy atom. The van der Waals surface area contributed by atoms with Gasteiger partial charge in [0.2, 0.25) is 0 Å². The zero-order valence-electron chi connectivity index (χ0n) is 17.5. The Labute approximate surface area is 192 Å². The van der Waals surface area contributed by atoms with E-state index in [-0.39, 0.29) is 0 Å². The van der Waals surface area contributed by atoms with E-state index in [1.807, 2.05) is 66.5 Å². The van der Waals surface area contributed by atoms with Gasteiger partial charge in [-0.1, -0.05) is 36.4 Å². The molecule has 4 aromatic rings. The molecule has 0 radical (unpaired) electrons. The number of fused-ring (bicyclic) bond motifs is 1. The van der Waals surface area contributed by atoms with Gasteiger partial charge in [0, 0.05) is 36.9 Å². The Hall–Kier alpha value is -3.09. The number of benzene rings is 3. The number of hydrogen-bond donors (Lipinski definition) is 0. The lowest BCUT2D eigenvalue weighted by Gasteiger charge is -2.21. The van der Waals surface area contributed by atoms with Crippen molar-refractivity contribution in [1.82, 2.24) is 0 Å². The summed E-state index contributed by atoms with van der Waals surface area (Å²) in [6, 6.07) is 24.1. The number of rotatable bonds is 7. The highest BCUT2D eigenvalue weighted by Gasteiger charge is 2.11. The number of ether oxygens (including phenoxy) is 2. The highest BCUT2D eigenvalue weighted by atomic mass is 32.1. The average molecular weight is 449 g/mol. The maximum atomic E-state index is 5.96. The van der Waals surface area contributed by atoms with Crippen LogP contribution in [0.5, 0.6) is 11.5 Å². The summed E-state index contributed by atoms with van der Waals surface area (Å²) in [6.07, 6.45) is 0. The second kappa shape index (κ2) is 9.81. The maximum Gasteiger partial charge on any atom is 0.269 e. The molecule has 4 rings (SSSR count). The van der Waals surface area contributed by atoms with E-state index in [0.29, 0.717) is 11.8 Å². The van der Waals surface area contributed by atoms with Crippen LogP contribution in [0.4, 0.5) is 11.4 Å². The van der Waals surface area contributed by atoms with E-state index in [1.165, 1.54) is 11.1 Å². The smallest absolute Gasteiger partial charge is 0.269 e. The first kappa shape index (κ1) is 21.2. The number of nitrogens with zero attached hydrogens (tertiary/aromatic N) is 2. The molecule has 0 saturated carbocycles. The second-order valence-electron chi connectivity index (χ2n) is 7.18. The molecule has 0 spiro atoms. The van der Waals surface area contributed by atoms with E-state index in [1.54, 1.807) is 11.3 Å². The normalized spacial score (nSPS) is 10.6. The first-order valence-corrected chi connectivity index (χ1v) is 11.4. The van der Waals surface area contributed by atoms with Gasteiger partial charge in [0.15, 0.2) is 0 Å². The van der Waals surface area contributed by atoms with E-state index < -0.39 is 0 Å². The van der Waals surface area contributed by atoms with Crippen LogP contribution in [0.1, 0.15) is 0 Å². The van der Waals surface area contributed by atoms with Gasteiger partial charge in [-0.3, -0.25) is 0 Å². The molecular formula is C25H24N2O2S2. The van der Waals surface area contributed by atoms with E-state index >= 15 is 0 Å². The van der Waals surface area contributed by atoms with Crippen LogP contribution in [0, 0.1) is 0 Å². The van der Waals surface area contributed by atoms with E-state index in [9.17, 15) is 0 Å². The summed E-state index contributed by atoms with van der Waals surface area (Å²) in [4.78, 5) is 4.02. The predicted molar refractivity (Wildman–Crippen MR) is 135 cm³/mol. The molecule has 0 aliphatic carbocycles. The molecule has 6 heteroatoms. The summed E-state index contributed by atoms with van der Waals surface area (Å²) in [5.41, 5.74) is 2.12. The van der Waals surface area contributed by atoms with Crippen molar-refractivity contribution in [2.75, 3.05) is 37.0 Å². The monoisotopic (exact) mass is 448 g/mol. The fraction of sp³-hybridized carbons (Fsp3) is 0.160. The van der Waals surface area contributed by atoms with Gasteiger partial charge in [0.25, 0.3) is 5.17 Å². The lowest BCUT2D eigenvalue weighted by Crippen LogP contribution is -2.29. The van der Waals surface area contributed by atoms with Gasteiger partial charge < -0.3 is 19.3 Å². The van der Waals surface area contributed by atoms with Crippen LogP contribution < -0.4 is 19.3 Å². The average Bonchev–Trinajstić information content (AvgIpc) is 3.34. The van der Waals surface area contributed by atoms with Gasteiger partial charge in [-0.15, -0.1) is 0 Å². The van der Waals surface area contributed by atoms with Crippen LogP contribution in [0.25, 0.3) is 10.8 Å². The third-order valence-corrected chi connectivity index (χ3v) is 6.08. The summed E-state index contributed by atoms with van der Waals surface area (Å²) in [5.74, 6) is 1.52. The molecule has 0 saturated heterocycles. The van der Waals surface area contributed by atoms with Crippen molar-refractivity contribution in [3.63, 3.8) is 0 Å². The van der Waals surface area contributed by atoms with Crippen LogP contribution in [0.2, 0.25) is 0 Å². The number of thiophene rings is 1. The largest absolute Gasteiger partial charge is 0.492 e. The Balaban J connectivity index is 1.36. The lowest BCUT2D eigenvalue weighted by atomic mass is 10.1. The molecule has 3 aromatic carbocycles. The fourth-order valence-electron chi connectivity index (χ4n) is 3.19. The molecule has 0 atom stereocenters. The maximum absolute atomic E-state index is 5.96. The molecule has 1 heterocycles. The molecule has 0 bridgehead atoms. The SMILES string of the molecule is CN(CCOc1cccc(N(C)C(=S)Oc2ccc3ccccc3c2)c1)c1ccsc1. The standard InChI is InChI=1S/C25H24N2O2S2/c1-26(22-12-15-31-18-22)13-14-28-23-9-5-8-21(17-23)27(2)25(30)29-24-11-10-19-6-3-4-7-20(19)16-24/h3-12,15-18H,13-14H2,1-2H3. The fourth-order valence-corrected chi connectivity index (χ4v) is 4.09. The molecule has 0 aliphatic heterocycles. The molecule has 158 valence electrons. The molecule has 1 aromatic heterocycles. The summed E-state index contributed by atoms with van der Waals surface area (Å²) in [6.45, 7) is 1.40. The quantitative estimate of drug-likeness (QED) is 0.313. The van der Waals surface area contributed by atoms with Crippen LogP contribution in [0.15, 0.2) is 83.6 Å². The second-order valence-corrected chi connectivity index (χ2v) is 8.31. The van der Waals surface area contributed by atoms with Crippen molar-refractivity contribution in [2.45, 2.75) is 0 Å². The van der Waals surface area contributed by atoms with Gasteiger partial charge in [-0.05, 0) is 58.7 Å². The predicted octanol–water partition coefficient (Wildman–Crippen LogP) is 6.22. The zero-order valence-corrected chi connectivity index (χ0v) is 19.2. The van der Waals surface area contributed by atoms with Crippen molar-refractivity contribution in [3.05, 3.63) is 83.6 Å². The molecule has 0 aliphatic rings. The number of hydrogen-bond acceptors (Lipinski definition) is 5. The lowest BCUT2D eigenvalue weighted by molar-refractivity contribution is 0.326. The molecule has 0 unspecified atom stereocenters. The zero-order chi connectivity index (χ0) is 21.6. The highest BCUT2D eigenvalue weighted by Crippen LogP contribution is 2.24. The minimum absolute atomic E-state index is 0.379. The first-order valence-electron chi connectivity index (χ1n) is 10.0. The van der Waals surface area contributed by atoms with Gasteiger partial charge in [0.1, 0.15) is 18.1 Å². The van der Waals surface area contributed by atoms with Crippen LogP contribution in [0.3, 0.4) is 0 Å². The Kier molecular flexibility index (Phi) is 6.70. The Bertz CT molecular complexity index is 1160. The highest BCUT2D eigenvalue weighted by molar-refractivity contribution is 7.80. The molecule has 0 amide bonds. The van der Waals surface area contributed by atoms with E-state index in [0.717, 1.165) is 29.1 Å². The minimum Gasteiger partial charge on any atom is -0.492 e. The molecule has 31 heavy (non-hydrogen) atoms. The van der Waals surface area contributed by atoms with Gasteiger partial charge >= 0.3 is 0 Å². The van der Waals surface area contributed by atoms with Gasteiger partial charge in [0.05, 0.1) is 6.54 Å². The molecule has 0 N–H and O–H groups in total. The van der Waals surface area contributed by atoms with Crippen molar-refractivity contribution < 1.29 is 9.47 Å². The molecule has 4 nitrogen and oxygen atoms in total. The summed E-state index contributed by atoms with van der Waals surface area (Å²) < 4.78 is 11.9. The third-order valence-electron chi connectivity index (χ3n) is 5.05. The number of likely N-dealkylation sites (N-methyl/N-ethyl adjacent to an activating group) is 1. The Morgan fingerprint density at radius 1 is 0.871 bits per heavy atom. The van der Waals surface area contributed by atoms with Crippen LogP contribution in [-0.2, 0) is 0 Å². The van der Waals surface area contributed by atoms with E-state index in [2.05, 4.69) is 40.9 Å². The topological polar surface area (TPSA) is 24.9 Å². The van der Waals surface area contributed by atoms with Gasteiger partial charge in [-0.25, -0.2) is 0 Å². The van der Waals surface area contributed by atoms with Crippen molar-refractivity contribution >= 4 is 50.9 Å².